The summed E-state index contributed by atoms with van der Waals surface area (Å²) in [7, 11) is 0. The summed E-state index contributed by atoms with van der Waals surface area (Å²) in [5, 5.41) is 2.45. The van der Waals surface area contributed by atoms with Gasteiger partial charge >= 0.3 is 0 Å². The summed E-state index contributed by atoms with van der Waals surface area (Å²) >= 11 is 7.95. The number of thiophene rings is 1. The van der Waals surface area contributed by atoms with Crippen LogP contribution in [0.25, 0.3) is 22.1 Å². The molecule has 3 aromatic heterocycles. The van der Waals surface area contributed by atoms with Crippen LogP contribution >= 0.6 is 22.9 Å². The van der Waals surface area contributed by atoms with Crippen LogP contribution < -0.4 is 5.56 Å². The molecule has 0 aliphatic carbocycles. The van der Waals surface area contributed by atoms with Crippen molar-refractivity contribution in [2.24, 2.45) is 0 Å². The Balaban J connectivity index is 1.37. The Morgan fingerprint density at radius 1 is 1.07 bits per heavy atom. The number of aromatic nitrogens is 4. The third-order valence-electron chi connectivity index (χ3n) is 5.06. The maximum Gasteiger partial charge on any atom is 0.255 e. The molecule has 4 aromatic rings. The number of H-pyrrole nitrogens is 2. The van der Waals surface area contributed by atoms with E-state index in [1.165, 1.54) is 0 Å². The highest BCUT2D eigenvalue weighted by molar-refractivity contribution is 7.13. The van der Waals surface area contributed by atoms with Crippen LogP contribution in [-0.4, -0.2) is 31.4 Å². The number of nitrogens with one attached hydrogen (secondary N) is 2. The van der Waals surface area contributed by atoms with Crippen molar-refractivity contribution < 1.29 is 0 Å². The molecule has 0 spiro atoms. The summed E-state index contributed by atoms with van der Waals surface area (Å²) in [5.74, 6) is 1.41. The summed E-state index contributed by atoms with van der Waals surface area (Å²) in [6, 6.07) is 13.8. The molecule has 6 nitrogen and oxygen atoms in total. The van der Waals surface area contributed by atoms with Crippen LogP contribution in [0.15, 0.2) is 52.6 Å². The molecule has 0 atom stereocenters. The zero-order valence-electron chi connectivity index (χ0n) is 15.5. The van der Waals surface area contributed by atoms with Gasteiger partial charge in [-0.3, -0.25) is 9.69 Å². The maximum absolute atomic E-state index is 12.7. The van der Waals surface area contributed by atoms with Crippen LogP contribution in [0.3, 0.4) is 0 Å². The van der Waals surface area contributed by atoms with Gasteiger partial charge < -0.3 is 9.97 Å². The Bertz CT molecular complexity index is 1200. The van der Waals surface area contributed by atoms with E-state index < -0.39 is 0 Å². The van der Waals surface area contributed by atoms with Gasteiger partial charge in [0, 0.05) is 31.6 Å². The number of rotatable bonds is 4. The molecular formula is C21H18ClN5OS. The molecule has 0 radical (unpaired) electrons. The Morgan fingerprint density at radius 2 is 1.93 bits per heavy atom. The highest BCUT2D eigenvalue weighted by Crippen LogP contribution is 2.25. The fraction of sp³-hybridized carbons (Fsp3) is 0.190. The van der Waals surface area contributed by atoms with Gasteiger partial charge in [0.25, 0.3) is 5.56 Å². The molecule has 0 saturated heterocycles. The zero-order valence-corrected chi connectivity index (χ0v) is 17.1. The fourth-order valence-electron chi connectivity index (χ4n) is 3.60. The normalized spacial score (nSPS) is 14.1. The quantitative estimate of drug-likeness (QED) is 0.518. The number of imidazole rings is 1. The summed E-state index contributed by atoms with van der Waals surface area (Å²) in [5.41, 5.74) is 3.40. The monoisotopic (exact) mass is 423 g/mol. The molecule has 1 aliphatic heterocycles. The molecule has 0 bridgehead atoms. The second-order valence-corrected chi connectivity index (χ2v) is 8.30. The van der Waals surface area contributed by atoms with Crippen molar-refractivity contribution in [2.45, 2.75) is 19.5 Å². The summed E-state index contributed by atoms with van der Waals surface area (Å²) in [4.78, 5) is 31.2. The molecule has 4 heterocycles. The first kappa shape index (κ1) is 18.3. The van der Waals surface area contributed by atoms with Crippen molar-refractivity contribution in [1.82, 2.24) is 24.8 Å². The van der Waals surface area contributed by atoms with E-state index in [0.717, 1.165) is 46.2 Å². The Labute approximate surface area is 176 Å². The van der Waals surface area contributed by atoms with Gasteiger partial charge in [-0.05, 0) is 11.4 Å². The molecule has 0 unspecified atom stereocenters. The van der Waals surface area contributed by atoms with E-state index in [1.54, 1.807) is 11.3 Å². The number of hydrogen-bond acceptors (Lipinski definition) is 5. The topological polar surface area (TPSA) is 77.7 Å². The van der Waals surface area contributed by atoms with E-state index in [2.05, 4.69) is 19.9 Å². The van der Waals surface area contributed by atoms with E-state index in [0.29, 0.717) is 24.1 Å². The molecule has 146 valence electrons. The van der Waals surface area contributed by atoms with E-state index in [4.69, 9.17) is 16.6 Å². The predicted molar refractivity (Wildman–Crippen MR) is 115 cm³/mol. The van der Waals surface area contributed by atoms with E-state index >= 15 is 0 Å². The third-order valence-corrected chi connectivity index (χ3v) is 6.25. The van der Waals surface area contributed by atoms with E-state index in [9.17, 15) is 4.79 Å². The molecule has 2 N–H and O–H groups in total. The van der Waals surface area contributed by atoms with Crippen molar-refractivity contribution in [1.29, 1.82) is 0 Å². The molecular weight excluding hydrogens is 406 g/mol. The van der Waals surface area contributed by atoms with Crippen LogP contribution in [0.5, 0.6) is 0 Å². The lowest BCUT2D eigenvalue weighted by Crippen LogP contribution is -2.35. The maximum atomic E-state index is 12.7. The first-order valence-electron chi connectivity index (χ1n) is 9.35. The fourth-order valence-corrected chi connectivity index (χ4v) is 4.46. The standard InChI is InChI=1S/C21H18ClN5OS/c22-18-16(24-19(25-18)13-5-2-1-3-6-13)12-27-9-8-15-14(11-27)21(28)26-20(23-15)17-7-4-10-29-17/h1-7,10H,8-9,11-12H2,(H,24,25)(H,23,26,28). The van der Waals surface area contributed by atoms with Gasteiger partial charge in [0.2, 0.25) is 0 Å². The minimum atomic E-state index is -0.0659. The number of halogens is 1. The first-order chi connectivity index (χ1) is 14.2. The van der Waals surface area contributed by atoms with Crippen molar-refractivity contribution in [3.05, 3.63) is 80.3 Å². The lowest BCUT2D eigenvalue weighted by atomic mass is 10.1. The molecule has 1 aromatic carbocycles. The van der Waals surface area contributed by atoms with Gasteiger partial charge in [-0.15, -0.1) is 11.3 Å². The predicted octanol–water partition coefficient (Wildman–Crippen LogP) is 4.10. The van der Waals surface area contributed by atoms with E-state index in [-0.39, 0.29) is 5.56 Å². The van der Waals surface area contributed by atoms with E-state index in [1.807, 2.05) is 47.8 Å². The summed E-state index contributed by atoms with van der Waals surface area (Å²) < 4.78 is 0. The lowest BCUT2D eigenvalue weighted by molar-refractivity contribution is 0.239. The number of aromatic amines is 2. The minimum absolute atomic E-state index is 0.0659. The van der Waals surface area contributed by atoms with Gasteiger partial charge in [-0.2, -0.15) is 0 Å². The second kappa shape index (κ2) is 7.59. The van der Waals surface area contributed by atoms with Gasteiger partial charge in [-0.1, -0.05) is 48.0 Å². The molecule has 0 amide bonds. The number of nitrogens with zero attached hydrogens (tertiary/aromatic N) is 3. The van der Waals surface area contributed by atoms with Gasteiger partial charge in [-0.25, -0.2) is 9.97 Å². The molecule has 1 aliphatic rings. The SMILES string of the molecule is O=c1[nH]c(-c2cccs2)nc2c1CN(Cc1[nH]c(-c3ccccc3)nc1Cl)CC2. The number of fused-ring (bicyclic) bond motifs is 1. The van der Waals surface area contributed by atoms with Crippen LogP contribution in [0, 0.1) is 0 Å². The molecule has 8 heteroatoms. The average molecular weight is 424 g/mol. The van der Waals surface area contributed by atoms with Crippen molar-refractivity contribution in [3.8, 4) is 22.1 Å². The molecule has 29 heavy (non-hydrogen) atoms. The Kier molecular flexibility index (Phi) is 4.79. The highest BCUT2D eigenvalue weighted by Gasteiger charge is 2.23. The van der Waals surface area contributed by atoms with Crippen molar-refractivity contribution in [3.63, 3.8) is 0 Å². The summed E-state index contributed by atoms with van der Waals surface area (Å²) in [6.45, 7) is 1.95. The van der Waals surface area contributed by atoms with Gasteiger partial charge in [0.05, 0.1) is 21.8 Å². The van der Waals surface area contributed by atoms with Crippen LogP contribution in [0.4, 0.5) is 0 Å². The second-order valence-electron chi connectivity index (χ2n) is 7.00. The van der Waals surface area contributed by atoms with Gasteiger partial charge in [0.1, 0.15) is 5.82 Å². The Morgan fingerprint density at radius 3 is 2.72 bits per heavy atom. The average Bonchev–Trinajstić information content (AvgIpc) is 3.40. The van der Waals surface area contributed by atoms with Crippen LogP contribution in [0.2, 0.25) is 5.15 Å². The smallest absolute Gasteiger partial charge is 0.255 e. The minimum Gasteiger partial charge on any atom is -0.339 e. The molecule has 5 rings (SSSR count). The number of hydrogen-bond donors (Lipinski definition) is 2. The van der Waals surface area contributed by atoms with Crippen LogP contribution in [0.1, 0.15) is 17.0 Å². The number of benzene rings is 1. The Hall–Kier alpha value is -2.74. The van der Waals surface area contributed by atoms with Gasteiger partial charge in [0.15, 0.2) is 11.0 Å². The van der Waals surface area contributed by atoms with Crippen LogP contribution in [-0.2, 0) is 19.5 Å². The largest absolute Gasteiger partial charge is 0.339 e. The zero-order chi connectivity index (χ0) is 19.8. The molecule has 0 fully saturated rings. The summed E-state index contributed by atoms with van der Waals surface area (Å²) in [6.07, 6.45) is 0.731. The van der Waals surface area contributed by atoms with Crippen molar-refractivity contribution >= 4 is 22.9 Å². The lowest BCUT2D eigenvalue weighted by Gasteiger charge is -2.27. The van der Waals surface area contributed by atoms with Crippen molar-refractivity contribution in [2.75, 3.05) is 6.54 Å². The third kappa shape index (κ3) is 3.64. The highest BCUT2D eigenvalue weighted by atomic mass is 35.5. The first-order valence-corrected chi connectivity index (χ1v) is 10.6. The molecule has 0 saturated carbocycles.